The van der Waals surface area contributed by atoms with Gasteiger partial charge in [-0.3, -0.25) is 4.79 Å². The van der Waals surface area contributed by atoms with Gasteiger partial charge in [-0.15, -0.1) is 0 Å². The first-order valence-corrected chi connectivity index (χ1v) is 11.0. The highest BCUT2D eigenvalue weighted by atomic mass is 16.4. The van der Waals surface area contributed by atoms with Gasteiger partial charge in [0, 0.05) is 6.42 Å². The third-order valence-corrected chi connectivity index (χ3v) is 4.99. The Hall–Kier alpha value is -0.570. The SMILES string of the molecule is CCCCCCCCCCCCCCCCCCCCCC(=O)O.O. The largest absolute Gasteiger partial charge is 0.481 e. The zero-order valence-electron chi connectivity index (χ0n) is 17.0. The van der Waals surface area contributed by atoms with Crippen molar-refractivity contribution >= 4 is 5.97 Å². The molecule has 0 aromatic heterocycles. The number of carbonyl (C=O) groups is 1. The summed E-state index contributed by atoms with van der Waals surface area (Å²) >= 11 is 0. The molecule has 0 aliphatic carbocycles. The minimum Gasteiger partial charge on any atom is -0.481 e. The molecule has 0 saturated carbocycles. The van der Waals surface area contributed by atoms with Crippen LogP contribution in [0.5, 0.6) is 0 Å². The second-order valence-corrected chi connectivity index (χ2v) is 7.51. The summed E-state index contributed by atoms with van der Waals surface area (Å²) in [6.45, 7) is 2.28. The highest BCUT2D eigenvalue weighted by molar-refractivity contribution is 5.66. The molecule has 3 nitrogen and oxygen atoms in total. The summed E-state index contributed by atoms with van der Waals surface area (Å²) in [5.74, 6) is -0.651. The number of carboxylic acid groups (broad SMARTS) is 1. The van der Waals surface area contributed by atoms with Gasteiger partial charge in [0.2, 0.25) is 0 Å². The second kappa shape index (κ2) is 23.4. The van der Waals surface area contributed by atoms with Crippen LogP contribution in [0.2, 0.25) is 0 Å². The molecule has 0 heterocycles. The summed E-state index contributed by atoms with van der Waals surface area (Å²) in [5.41, 5.74) is 0. The van der Waals surface area contributed by atoms with Gasteiger partial charge in [0.05, 0.1) is 0 Å². The highest BCUT2D eigenvalue weighted by Gasteiger charge is 1.97. The first kappa shape index (κ1) is 26.7. The van der Waals surface area contributed by atoms with Crippen molar-refractivity contribution in [2.45, 2.75) is 135 Å². The summed E-state index contributed by atoms with van der Waals surface area (Å²) in [7, 11) is 0. The smallest absolute Gasteiger partial charge is 0.303 e. The molecule has 3 heteroatoms. The predicted molar refractivity (Wildman–Crippen MR) is 109 cm³/mol. The van der Waals surface area contributed by atoms with Crippen molar-refractivity contribution in [1.29, 1.82) is 0 Å². The summed E-state index contributed by atoms with van der Waals surface area (Å²) in [6.07, 6.45) is 26.1. The van der Waals surface area contributed by atoms with E-state index in [4.69, 9.17) is 5.11 Å². The Balaban J connectivity index is 0. The van der Waals surface area contributed by atoms with Crippen LogP contribution in [-0.4, -0.2) is 16.6 Å². The monoisotopic (exact) mass is 358 g/mol. The molecule has 0 atom stereocenters. The van der Waals surface area contributed by atoms with Crippen LogP contribution in [0.15, 0.2) is 0 Å². The molecule has 0 aromatic rings. The normalized spacial score (nSPS) is 10.6. The molecule has 0 unspecified atom stereocenters. The van der Waals surface area contributed by atoms with Crippen molar-refractivity contribution < 1.29 is 15.4 Å². The van der Waals surface area contributed by atoms with E-state index in [-0.39, 0.29) is 5.48 Å². The molecule has 0 fully saturated rings. The number of hydrogen-bond acceptors (Lipinski definition) is 1. The summed E-state index contributed by atoms with van der Waals surface area (Å²) in [6, 6.07) is 0. The fourth-order valence-corrected chi connectivity index (χ4v) is 3.35. The van der Waals surface area contributed by atoms with Crippen molar-refractivity contribution in [3.8, 4) is 0 Å². The average molecular weight is 359 g/mol. The third-order valence-electron chi connectivity index (χ3n) is 4.99. The molecule has 0 aliphatic heterocycles. The molecule has 0 amide bonds. The van der Waals surface area contributed by atoms with Crippen LogP contribution >= 0.6 is 0 Å². The standard InChI is InChI=1S/C22H44O2.H2O/c1-2-3-4-5-6-7-8-9-10-11-12-13-14-15-16-17-18-19-20-21-22(23)24;/h2-21H2,1H3,(H,23,24);1H2. The van der Waals surface area contributed by atoms with Crippen molar-refractivity contribution in [2.75, 3.05) is 0 Å². The number of aliphatic carboxylic acids is 1. The molecule has 0 radical (unpaired) electrons. The Morgan fingerprint density at radius 2 is 0.760 bits per heavy atom. The van der Waals surface area contributed by atoms with Gasteiger partial charge in [0.15, 0.2) is 0 Å². The van der Waals surface area contributed by atoms with Gasteiger partial charge < -0.3 is 10.6 Å². The lowest BCUT2D eigenvalue weighted by Crippen LogP contribution is -1.93. The van der Waals surface area contributed by atoms with Gasteiger partial charge in [0.25, 0.3) is 0 Å². The van der Waals surface area contributed by atoms with Gasteiger partial charge in [-0.05, 0) is 6.42 Å². The first-order valence-electron chi connectivity index (χ1n) is 11.0. The fourth-order valence-electron chi connectivity index (χ4n) is 3.35. The molecule has 0 saturated heterocycles. The lowest BCUT2D eigenvalue weighted by molar-refractivity contribution is -0.137. The minimum absolute atomic E-state index is 0. The Kier molecular flexibility index (Phi) is 25.0. The van der Waals surface area contributed by atoms with E-state index in [1.165, 1.54) is 109 Å². The van der Waals surface area contributed by atoms with Crippen LogP contribution in [0, 0.1) is 0 Å². The lowest BCUT2D eigenvalue weighted by atomic mass is 10.0. The first-order chi connectivity index (χ1) is 11.8. The number of carboxylic acids is 1. The van der Waals surface area contributed by atoms with Crippen LogP contribution in [0.25, 0.3) is 0 Å². The molecule has 0 bridgehead atoms. The maximum Gasteiger partial charge on any atom is 0.303 e. The van der Waals surface area contributed by atoms with Crippen LogP contribution < -0.4 is 0 Å². The molecule has 0 aromatic carbocycles. The van der Waals surface area contributed by atoms with Gasteiger partial charge in [0.1, 0.15) is 0 Å². The zero-order chi connectivity index (χ0) is 17.7. The maximum atomic E-state index is 10.4. The highest BCUT2D eigenvalue weighted by Crippen LogP contribution is 2.14. The number of hydrogen-bond donors (Lipinski definition) is 1. The molecule has 0 aliphatic rings. The van der Waals surface area contributed by atoms with E-state index in [2.05, 4.69) is 6.92 Å². The average Bonchev–Trinajstić information content (AvgIpc) is 2.56. The van der Waals surface area contributed by atoms with Crippen molar-refractivity contribution in [3.63, 3.8) is 0 Å². The summed E-state index contributed by atoms with van der Waals surface area (Å²) in [4.78, 5) is 10.4. The Labute approximate surface area is 157 Å². The Morgan fingerprint density at radius 1 is 0.520 bits per heavy atom. The van der Waals surface area contributed by atoms with Gasteiger partial charge in [-0.25, -0.2) is 0 Å². The number of rotatable bonds is 20. The van der Waals surface area contributed by atoms with E-state index < -0.39 is 5.97 Å². The van der Waals surface area contributed by atoms with Crippen molar-refractivity contribution in [1.82, 2.24) is 0 Å². The number of unbranched alkanes of at least 4 members (excludes halogenated alkanes) is 18. The van der Waals surface area contributed by atoms with Gasteiger partial charge >= 0.3 is 5.97 Å². The Bertz CT molecular complexity index is 254. The van der Waals surface area contributed by atoms with Gasteiger partial charge in [-0.1, -0.05) is 122 Å². The minimum atomic E-state index is -0.651. The van der Waals surface area contributed by atoms with E-state index in [1.807, 2.05) is 0 Å². The third kappa shape index (κ3) is 25.8. The van der Waals surface area contributed by atoms with Gasteiger partial charge in [-0.2, -0.15) is 0 Å². The molecule has 152 valence electrons. The van der Waals surface area contributed by atoms with Crippen molar-refractivity contribution in [3.05, 3.63) is 0 Å². The Morgan fingerprint density at radius 3 is 1.00 bits per heavy atom. The van der Waals surface area contributed by atoms with E-state index >= 15 is 0 Å². The maximum absolute atomic E-state index is 10.4. The van der Waals surface area contributed by atoms with E-state index in [9.17, 15) is 4.79 Å². The van der Waals surface area contributed by atoms with Crippen LogP contribution in [0.3, 0.4) is 0 Å². The summed E-state index contributed by atoms with van der Waals surface area (Å²) < 4.78 is 0. The van der Waals surface area contributed by atoms with Crippen LogP contribution in [0.1, 0.15) is 135 Å². The topological polar surface area (TPSA) is 68.8 Å². The molecule has 0 rings (SSSR count). The molecular formula is C22H46O3. The van der Waals surface area contributed by atoms with Crippen molar-refractivity contribution in [2.24, 2.45) is 0 Å². The molecule has 0 spiro atoms. The second-order valence-electron chi connectivity index (χ2n) is 7.51. The summed E-state index contributed by atoms with van der Waals surface area (Å²) in [5, 5.41) is 8.56. The zero-order valence-corrected chi connectivity index (χ0v) is 17.0. The van der Waals surface area contributed by atoms with E-state index in [0.717, 1.165) is 12.8 Å². The molecular weight excluding hydrogens is 312 g/mol. The molecule has 25 heavy (non-hydrogen) atoms. The van der Waals surface area contributed by atoms with E-state index in [1.54, 1.807) is 0 Å². The van der Waals surface area contributed by atoms with E-state index in [0.29, 0.717) is 6.42 Å². The van der Waals surface area contributed by atoms with Crippen LogP contribution in [0.4, 0.5) is 0 Å². The van der Waals surface area contributed by atoms with Crippen LogP contribution in [-0.2, 0) is 4.79 Å². The predicted octanol–water partition coefficient (Wildman–Crippen LogP) is 7.07. The molecule has 3 N–H and O–H groups in total. The fraction of sp³-hybridized carbons (Fsp3) is 0.955. The lowest BCUT2D eigenvalue weighted by Gasteiger charge is -2.03. The quantitative estimate of drug-likeness (QED) is 0.236.